The second-order valence-electron chi connectivity index (χ2n) is 4.25. The lowest BCUT2D eigenvalue weighted by atomic mass is 10.1. The summed E-state index contributed by atoms with van der Waals surface area (Å²) in [4.78, 5) is 0. The van der Waals surface area contributed by atoms with Gasteiger partial charge in [0.1, 0.15) is 0 Å². The van der Waals surface area contributed by atoms with Crippen molar-refractivity contribution in [2.75, 3.05) is 6.54 Å². The Kier molecular flexibility index (Phi) is 5.53. The molecule has 0 aliphatic carbocycles. The van der Waals surface area contributed by atoms with Crippen molar-refractivity contribution in [3.05, 3.63) is 68.7 Å². The molecule has 0 aromatic heterocycles. The minimum absolute atomic E-state index is 0.673. The number of halogens is 3. The van der Waals surface area contributed by atoms with Crippen molar-refractivity contribution >= 4 is 34.8 Å². The van der Waals surface area contributed by atoms with Gasteiger partial charge in [0, 0.05) is 27.2 Å². The van der Waals surface area contributed by atoms with Crippen LogP contribution in [-0.4, -0.2) is 6.54 Å². The average Bonchev–Trinajstić information content (AvgIpc) is 2.39. The highest BCUT2D eigenvalue weighted by Gasteiger charge is 2.04. The third-order valence-electron chi connectivity index (χ3n) is 2.87. The number of nitrogens with one attached hydrogen (secondary N) is 1. The van der Waals surface area contributed by atoms with Crippen molar-refractivity contribution in [3.63, 3.8) is 0 Å². The molecule has 1 nitrogen and oxygen atoms in total. The fourth-order valence-electron chi connectivity index (χ4n) is 1.80. The van der Waals surface area contributed by atoms with E-state index in [2.05, 4.69) is 5.32 Å². The van der Waals surface area contributed by atoms with E-state index in [1.54, 1.807) is 0 Å². The van der Waals surface area contributed by atoms with Gasteiger partial charge in [0.2, 0.25) is 0 Å². The Hall–Kier alpha value is -0.730. The molecule has 19 heavy (non-hydrogen) atoms. The average molecular weight is 315 g/mol. The molecule has 0 atom stereocenters. The topological polar surface area (TPSA) is 12.0 Å². The fraction of sp³-hybridized carbons (Fsp3) is 0.200. The van der Waals surface area contributed by atoms with E-state index in [1.807, 2.05) is 42.5 Å². The fourth-order valence-corrected chi connectivity index (χ4v) is 2.46. The molecule has 0 amide bonds. The molecule has 0 heterocycles. The molecule has 100 valence electrons. The van der Waals surface area contributed by atoms with E-state index in [9.17, 15) is 0 Å². The SMILES string of the molecule is Clc1ccc(CCNCc2c(Cl)cccc2Cl)cc1. The maximum atomic E-state index is 6.10. The minimum atomic E-state index is 0.673. The van der Waals surface area contributed by atoms with Crippen LogP contribution >= 0.6 is 34.8 Å². The summed E-state index contributed by atoms with van der Waals surface area (Å²) >= 11 is 18.1. The first kappa shape index (κ1) is 14.7. The lowest BCUT2D eigenvalue weighted by Gasteiger charge is -2.08. The van der Waals surface area contributed by atoms with Gasteiger partial charge in [0.05, 0.1) is 0 Å². The molecule has 4 heteroatoms. The van der Waals surface area contributed by atoms with Crippen molar-refractivity contribution in [2.24, 2.45) is 0 Å². The first-order chi connectivity index (χ1) is 9.16. The van der Waals surface area contributed by atoms with Gasteiger partial charge in [-0.1, -0.05) is 53.0 Å². The van der Waals surface area contributed by atoms with Gasteiger partial charge >= 0.3 is 0 Å². The Morgan fingerprint density at radius 1 is 0.842 bits per heavy atom. The van der Waals surface area contributed by atoms with Crippen LogP contribution < -0.4 is 5.32 Å². The van der Waals surface area contributed by atoms with E-state index in [0.717, 1.165) is 23.6 Å². The third kappa shape index (κ3) is 4.39. The van der Waals surface area contributed by atoms with Crippen LogP contribution in [0.3, 0.4) is 0 Å². The van der Waals surface area contributed by atoms with Crippen LogP contribution in [0.15, 0.2) is 42.5 Å². The minimum Gasteiger partial charge on any atom is -0.312 e. The van der Waals surface area contributed by atoms with Crippen LogP contribution in [0.25, 0.3) is 0 Å². The molecule has 1 N–H and O–H groups in total. The van der Waals surface area contributed by atoms with Gasteiger partial charge in [0.15, 0.2) is 0 Å². The maximum Gasteiger partial charge on any atom is 0.0465 e. The predicted octanol–water partition coefficient (Wildman–Crippen LogP) is 4.98. The van der Waals surface area contributed by atoms with E-state index in [-0.39, 0.29) is 0 Å². The molecule has 0 aliphatic rings. The molecule has 2 aromatic carbocycles. The van der Waals surface area contributed by atoms with Gasteiger partial charge in [-0.3, -0.25) is 0 Å². The predicted molar refractivity (Wildman–Crippen MR) is 83.3 cm³/mol. The highest BCUT2D eigenvalue weighted by molar-refractivity contribution is 6.36. The Morgan fingerprint density at radius 2 is 1.47 bits per heavy atom. The molecule has 0 radical (unpaired) electrons. The summed E-state index contributed by atoms with van der Waals surface area (Å²) < 4.78 is 0. The van der Waals surface area contributed by atoms with E-state index in [0.29, 0.717) is 16.6 Å². The molecule has 0 saturated heterocycles. The molecular weight excluding hydrogens is 301 g/mol. The van der Waals surface area contributed by atoms with Gasteiger partial charge in [-0.15, -0.1) is 0 Å². The zero-order chi connectivity index (χ0) is 13.7. The molecule has 2 aromatic rings. The Bertz CT molecular complexity index is 517. The van der Waals surface area contributed by atoms with E-state index in [1.165, 1.54) is 5.56 Å². The monoisotopic (exact) mass is 313 g/mol. The molecule has 0 bridgehead atoms. The Morgan fingerprint density at radius 3 is 2.11 bits per heavy atom. The van der Waals surface area contributed by atoms with Gasteiger partial charge in [0.25, 0.3) is 0 Å². The Labute approximate surface area is 128 Å². The first-order valence-corrected chi connectivity index (χ1v) is 7.18. The van der Waals surface area contributed by atoms with Crippen LogP contribution in [0.1, 0.15) is 11.1 Å². The summed E-state index contributed by atoms with van der Waals surface area (Å²) in [6.07, 6.45) is 0.944. The van der Waals surface area contributed by atoms with Gasteiger partial charge in [-0.05, 0) is 42.8 Å². The summed E-state index contributed by atoms with van der Waals surface area (Å²) in [5.41, 5.74) is 2.20. The standard InChI is InChI=1S/C15H14Cl3N/c16-12-6-4-11(5-7-12)8-9-19-10-13-14(17)2-1-3-15(13)18/h1-7,19H,8-10H2. The Balaban J connectivity index is 1.82. The van der Waals surface area contributed by atoms with Crippen molar-refractivity contribution in [1.82, 2.24) is 5.32 Å². The van der Waals surface area contributed by atoms with E-state index >= 15 is 0 Å². The van der Waals surface area contributed by atoms with Crippen LogP contribution in [0.2, 0.25) is 15.1 Å². The van der Waals surface area contributed by atoms with Crippen molar-refractivity contribution in [1.29, 1.82) is 0 Å². The lowest BCUT2D eigenvalue weighted by Crippen LogP contribution is -2.17. The van der Waals surface area contributed by atoms with E-state index < -0.39 is 0 Å². The normalized spacial score (nSPS) is 10.7. The van der Waals surface area contributed by atoms with Gasteiger partial charge in [-0.2, -0.15) is 0 Å². The first-order valence-electron chi connectivity index (χ1n) is 6.05. The van der Waals surface area contributed by atoms with Crippen LogP contribution in [-0.2, 0) is 13.0 Å². The van der Waals surface area contributed by atoms with Crippen molar-refractivity contribution < 1.29 is 0 Å². The summed E-state index contributed by atoms with van der Waals surface area (Å²) in [6.45, 7) is 1.54. The van der Waals surface area contributed by atoms with Crippen LogP contribution in [0.5, 0.6) is 0 Å². The number of benzene rings is 2. The summed E-state index contributed by atoms with van der Waals surface area (Å²) in [6, 6.07) is 13.4. The number of hydrogen-bond acceptors (Lipinski definition) is 1. The van der Waals surface area contributed by atoms with Gasteiger partial charge in [-0.25, -0.2) is 0 Å². The molecule has 0 fully saturated rings. The van der Waals surface area contributed by atoms with Crippen molar-refractivity contribution in [3.8, 4) is 0 Å². The largest absolute Gasteiger partial charge is 0.312 e. The molecule has 0 spiro atoms. The van der Waals surface area contributed by atoms with E-state index in [4.69, 9.17) is 34.8 Å². The second-order valence-corrected chi connectivity index (χ2v) is 5.50. The molecule has 2 rings (SSSR count). The summed E-state index contributed by atoms with van der Waals surface area (Å²) in [5, 5.41) is 5.51. The zero-order valence-corrected chi connectivity index (χ0v) is 12.6. The molecule has 0 saturated carbocycles. The number of rotatable bonds is 5. The van der Waals surface area contributed by atoms with Gasteiger partial charge < -0.3 is 5.32 Å². The maximum absolute atomic E-state index is 6.10. The quantitative estimate of drug-likeness (QED) is 0.768. The lowest BCUT2D eigenvalue weighted by molar-refractivity contribution is 0.687. The van der Waals surface area contributed by atoms with Crippen molar-refractivity contribution in [2.45, 2.75) is 13.0 Å². The molecular formula is C15H14Cl3N. The summed E-state index contributed by atoms with van der Waals surface area (Å²) in [7, 11) is 0. The number of hydrogen-bond donors (Lipinski definition) is 1. The highest BCUT2D eigenvalue weighted by atomic mass is 35.5. The summed E-state index contributed by atoms with van der Waals surface area (Å²) in [5.74, 6) is 0. The van der Waals surface area contributed by atoms with Crippen LogP contribution in [0.4, 0.5) is 0 Å². The highest BCUT2D eigenvalue weighted by Crippen LogP contribution is 2.23. The molecule has 0 aliphatic heterocycles. The zero-order valence-electron chi connectivity index (χ0n) is 10.3. The molecule has 0 unspecified atom stereocenters. The third-order valence-corrected chi connectivity index (χ3v) is 3.83. The van der Waals surface area contributed by atoms with Crippen LogP contribution in [0, 0.1) is 0 Å². The second kappa shape index (κ2) is 7.16. The smallest absolute Gasteiger partial charge is 0.0465 e.